The topological polar surface area (TPSA) is 66.8 Å². The molecule has 5 heteroatoms. The summed E-state index contributed by atoms with van der Waals surface area (Å²) < 4.78 is 20.5. The summed E-state index contributed by atoms with van der Waals surface area (Å²) in [7, 11) is 0. The highest BCUT2D eigenvalue weighted by atomic mass is 19.1. The average molecular weight is 575 g/mol. The highest BCUT2D eigenvalue weighted by molar-refractivity contribution is 5.86. The fourth-order valence-corrected chi connectivity index (χ4v) is 5.29. The lowest BCUT2D eigenvalue weighted by Gasteiger charge is -2.28. The highest BCUT2D eigenvalue weighted by Crippen LogP contribution is 2.31. The van der Waals surface area contributed by atoms with Crippen molar-refractivity contribution in [1.29, 1.82) is 0 Å². The molecule has 0 atom stereocenters. The number of carbonyl (C=O) groups is 1. The largest absolute Gasteiger partial charge is 0.462 e. The second-order valence-electron chi connectivity index (χ2n) is 11.5. The molecule has 3 aromatic rings. The smallest absolute Gasteiger partial charge is 0.333 e. The van der Waals surface area contributed by atoms with E-state index in [1.165, 1.54) is 16.7 Å². The molecule has 226 valence electrons. The van der Waals surface area contributed by atoms with Crippen molar-refractivity contribution in [2.75, 3.05) is 19.8 Å². The number of carbonyl (C=O) groups excluding carboxylic acids is 1. The summed E-state index contributed by atoms with van der Waals surface area (Å²) in [5.74, 6) is -0.542. The molecule has 0 bridgehead atoms. The van der Waals surface area contributed by atoms with Gasteiger partial charge in [-0.3, -0.25) is 0 Å². The zero-order chi connectivity index (χ0) is 30.5. The first kappa shape index (κ1) is 33.2. The summed E-state index contributed by atoms with van der Waals surface area (Å²) in [5, 5.41) is 19.4. The van der Waals surface area contributed by atoms with Crippen LogP contribution in [0.25, 0.3) is 11.1 Å². The summed E-state index contributed by atoms with van der Waals surface area (Å²) in [5.41, 5.74) is 7.27. The van der Waals surface area contributed by atoms with Gasteiger partial charge in [-0.25, -0.2) is 9.18 Å². The zero-order valence-corrected chi connectivity index (χ0v) is 25.6. The van der Waals surface area contributed by atoms with Crippen LogP contribution in [0.5, 0.6) is 0 Å². The molecule has 0 amide bonds. The van der Waals surface area contributed by atoms with Crippen LogP contribution >= 0.6 is 0 Å². The van der Waals surface area contributed by atoms with Gasteiger partial charge in [-0.1, -0.05) is 75.0 Å². The van der Waals surface area contributed by atoms with Crippen molar-refractivity contribution < 1.29 is 24.1 Å². The molecule has 4 nitrogen and oxygen atoms in total. The minimum atomic E-state index is -0.411. The second kappa shape index (κ2) is 16.4. The van der Waals surface area contributed by atoms with E-state index in [4.69, 9.17) is 4.74 Å². The fraction of sp³-hybridized carbons (Fsp3) is 0.432. The number of aryl methyl sites for hydroxylation is 5. The number of aliphatic hydroxyl groups is 2. The Morgan fingerprint density at radius 1 is 0.810 bits per heavy atom. The Hall–Kier alpha value is -3.28. The Kier molecular flexibility index (Phi) is 13.0. The van der Waals surface area contributed by atoms with E-state index in [2.05, 4.69) is 49.9 Å². The number of halogens is 1. The maximum absolute atomic E-state index is 15.3. The first-order chi connectivity index (χ1) is 20.2. The van der Waals surface area contributed by atoms with E-state index in [1.807, 2.05) is 25.1 Å². The Morgan fingerprint density at radius 3 is 1.93 bits per heavy atom. The molecule has 0 aromatic heterocycles. The fourth-order valence-electron chi connectivity index (χ4n) is 5.29. The van der Waals surface area contributed by atoms with Gasteiger partial charge in [0.2, 0.25) is 0 Å². The van der Waals surface area contributed by atoms with Gasteiger partial charge < -0.3 is 14.9 Å². The van der Waals surface area contributed by atoms with E-state index < -0.39 is 5.41 Å². The Labute approximate surface area is 251 Å². The molecule has 0 unspecified atom stereocenters. The van der Waals surface area contributed by atoms with Crippen LogP contribution in [0.2, 0.25) is 0 Å². The van der Waals surface area contributed by atoms with E-state index in [9.17, 15) is 15.0 Å². The summed E-state index contributed by atoms with van der Waals surface area (Å²) in [6.45, 7) is 9.71. The number of aliphatic hydroxyl groups excluding tert-OH is 2. The van der Waals surface area contributed by atoms with Gasteiger partial charge >= 0.3 is 5.97 Å². The van der Waals surface area contributed by atoms with Crippen molar-refractivity contribution >= 4 is 5.97 Å². The van der Waals surface area contributed by atoms with Crippen molar-refractivity contribution in [1.82, 2.24) is 0 Å². The third-order valence-corrected chi connectivity index (χ3v) is 8.38. The van der Waals surface area contributed by atoms with Gasteiger partial charge in [0.15, 0.2) is 0 Å². The van der Waals surface area contributed by atoms with Gasteiger partial charge in [0.25, 0.3) is 0 Å². The van der Waals surface area contributed by atoms with E-state index >= 15 is 4.39 Å². The molecule has 42 heavy (non-hydrogen) atoms. The number of esters is 1. The predicted octanol–water partition coefficient (Wildman–Crippen LogP) is 7.60. The maximum atomic E-state index is 15.3. The van der Waals surface area contributed by atoms with Crippen LogP contribution in [-0.4, -0.2) is 36.0 Å². The monoisotopic (exact) mass is 574 g/mol. The third-order valence-electron chi connectivity index (χ3n) is 8.38. The quantitative estimate of drug-likeness (QED) is 0.0990. The first-order valence-corrected chi connectivity index (χ1v) is 15.3. The zero-order valence-electron chi connectivity index (χ0n) is 25.6. The number of hydrogen-bond donors (Lipinski definition) is 2. The van der Waals surface area contributed by atoms with Crippen LogP contribution in [0.4, 0.5) is 4.39 Å². The van der Waals surface area contributed by atoms with Gasteiger partial charge in [0, 0.05) is 16.6 Å². The minimum absolute atomic E-state index is 0.00151. The van der Waals surface area contributed by atoms with Gasteiger partial charge in [0.1, 0.15) is 5.82 Å². The molecule has 0 aliphatic heterocycles. The molecular weight excluding hydrogens is 527 g/mol. The predicted molar refractivity (Wildman–Crippen MR) is 169 cm³/mol. The molecule has 3 aromatic carbocycles. The lowest BCUT2D eigenvalue weighted by atomic mass is 9.81. The molecule has 0 radical (unpaired) electrons. The van der Waals surface area contributed by atoms with Gasteiger partial charge in [-0.15, -0.1) is 0 Å². The van der Waals surface area contributed by atoms with Crippen molar-refractivity contribution in [2.45, 2.75) is 78.6 Å². The van der Waals surface area contributed by atoms with E-state index in [1.54, 1.807) is 13.0 Å². The van der Waals surface area contributed by atoms with Gasteiger partial charge in [0.05, 0.1) is 19.8 Å². The SMILES string of the molecule is C=C(C)C(=O)OCCCc1ccc(CCc2ccc(-c3ccc(CCCC(CC)(CO)CO)cc3CC)c(F)c2)cc1. The van der Waals surface area contributed by atoms with E-state index in [0.717, 1.165) is 74.5 Å². The maximum Gasteiger partial charge on any atom is 0.333 e. The first-order valence-electron chi connectivity index (χ1n) is 15.3. The van der Waals surface area contributed by atoms with Crippen LogP contribution in [-0.2, 0) is 41.6 Å². The van der Waals surface area contributed by atoms with Crippen LogP contribution in [0.3, 0.4) is 0 Å². The lowest BCUT2D eigenvalue weighted by Crippen LogP contribution is -2.29. The molecule has 0 saturated carbocycles. The Morgan fingerprint density at radius 2 is 1.36 bits per heavy atom. The molecule has 0 heterocycles. The summed E-state index contributed by atoms with van der Waals surface area (Å²) >= 11 is 0. The number of hydrogen-bond acceptors (Lipinski definition) is 4. The molecule has 0 aliphatic carbocycles. The van der Waals surface area contributed by atoms with Crippen molar-refractivity contribution in [3.63, 3.8) is 0 Å². The molecular formula is C37H47FO4. The van der Waals surface area contributed by atoms with Crippen LogP contribution in [0.1, 0.15) is 74.3 Å². The Bertz CT molecular complexity index is 1300. The van der Waals surface area contributed by atoms with Gasteiger partial charge in [-0.05, 0) is 104 Å². The van der Waals surface area contributed by atoms with E-state index in [0.29, 0.717) is 17.7 Å². The van der Waals surface area contributed by atoms with Crippen molar-refractivity contribution in [3.05, 3.63) is 106 Å². The van der Waals surface area contributed by atoms with Gasteiger partial charge in [-0.2, -0.15) is 0 Å². The summed E-state index contributed by atoms with van der Waals surface area (Å²) in [4.78, 5) is 11.5. The normalized spacial score (nSPS) is 11.5. The van der Waals surface area contributed by atoms with Crippen LogP contribution in [0.15, 0.2) is 72.8 Å². The second-order valence-corrected chi connectivity index (χ2v) is 11.5. The number of ether oxygens (including phenoxy) is 1. The van der Waals surface area contributed by atoms with Crippen molar-refractivity contribution in [2.24, 2.45) is 5.41 Å². The standard InChI is InChI=1S/C37H47FO4/c1-5-32-23-30(9-7-21-37(6-2,25-39)26-40)17-19-33(32)34-20-18-31(24-35(34)38)16-15-29-13-11-28(12-14-29)10-8-22-42-36(41)27(3)4/h11-14,17-20,23-24,39-40H,3,5-10,15-16,21-22,25-26H2,1-2,4H3. The van der Waals surface area contributed by atoms with Crippen LogP contribution in [0, 0.1) is 11.2 Å². The van der Waals surface area contributed by atoms with E-state index in [-0.39, 0.29) is 25.0 Å². The molecule has 2 N–H and O–H groups in total. The van der Waals surface area contributed by atoms with Crippen molar-refractivity contribution in [3.8, 4) is 11.1 Å². The highest BCUT2D eigenvalue weighted by Gasteiger charge is 2.25. The molecule has 0 spiro atoms. The summed E-state index contributed by atoms with van der Waals surface area (Å²) in [6.07, 6.45) is 7.27. The molecule has 0 saturated heterocycles. The number of benzene rings is 3. The lowest BCUT2D eigenvalue weighted by molar-refractivity contribution is -0.139. The summed E-state index contributed by atoms with van der Waals surface area (Å²) in [6, 6.07) is 20.3. The van der Waals surface area contributed by atoms with Crippen LogP contribution < -0.4 is 0 Å². The molecule has 3 rings (SSSR count). The minimum Gasteiger partial charge on any atom is -0.462 e. The Balaban J connectivity index is 1.56. The number of rotatable bonds is 17. The molecule has 0 aliphatic rings. The third kappa shape index (κ3) is 9.37. The molecule has 0 fully saturated rings. The average Bonchev–Trinajstić information content (AvgIpc) is 3.01.